The summed E-state index contributed by atoms with van der Waals surface area (Å²) in [7, 11) is 0. The molecule has 130 valence electrons. The maximum Gasteiger partial charge on any atom is 0.407 e. The Morgan fingerprint density at radius 1 is 0.955 bits per heavy atom. The summed E-state index contributed by atoms with van der Waals surface area (Å²) in [6.07, 6.45) is 6.60. The van der Waals surface area contributed by atoms with Gasteiger partial charge in [-0.15, -0.1) is 0 Å². The quantitative estimate of drug-likeness (QED) is 0.411. The molecule has 1 N–H and O–H groups in total. The van der Waals surface area contributed by atoms with E-state index in [1.165, 1.54) is 0 Å². The second kappa shape index (κ2) is 14.7. The van der Waals surface area contributed by atoms with Crippen molar-refractivity contribution in [3.8, 4) is 0 Å². The van der Waals surface area contributed by atoms with Gasteiger partial charge in [0.15, 0.2) is 0 Å². The third-order valence-corrected chi connectivity index (χ3v) is 3.25. The van der Waals surface area contributed by atoms with Crippen molar-refractivity contribution in [2.75, 3.05) is 19.8 Å². The second-order valence-corrected chi connectivity index (χ2v) is 5.98. The van der Waals surface area contributed by atoms with E-state index in [-0.39, 0.29) is 12.1 Å². The minimum atomic E-state index is -0.349. The normalized spacial score (nSPS) is 10.5. The highest BCUT2D eigenvalue weighted by Gasteiger charge is 2.04. The number of hydrogen-bond donors (Lipinski definition) is 1. The second-order valence-electron chi connectivity index (χ2n) is 5.98. The number of alkyl carbamates (subject to hydrolysis) is 1. The van der Waals surface area contributed by atoms with E-state index in [4.69, 9.17) is 9.47 Å². The highest BCUT2D eigenvalue weighted by Crippen LogP contribution is 2.05. The number of carbonyl (C=O) groups excluding carboxylic acids is 2. The van der Waals surface area contributed by atoms with Crippen molar-refractivity contribution in [1.29, 1.82) is 0 Å². The van der Waals surface area contributed by atoms with E-state index in [0.29, 0.717) is 32.1 Å². The van der Waals surface area contributed by atoms with E-state index >= 15 is 0 Å². The zero-order valence-electron chi connectivity index (χ0n) is 14.5. The predicted molar refractivity (Wildman–Crippen MR) is 87.8 cm³/mol. The van der Waals surface area contributed by atoms with Crippen LogP contribution in [0.2, 0.25) is 0 Å². The molecule has 22 heavy (non-hydrogen) atoms. The molecule has 0 spiro atoms. The first-order chi connectivity index (χ1) is 10.6. The van der Waals surface area contributed by atoms with Crippen LogP contribution >= 0.6 is 0 Å². The Kier molecular flexibility index (Phi) is 13.8. The Labute approximate surface area is 135 Å². The summed E-state index contributed by atoms with van der Waals surface area (Å²) < 4.78 is 10.1. The first-order valence-corrected chi connectivity index (χ1v) is 8.62. The minimum absolute atomic E-state index is 0.115. The van der Waals surface area contributed by atoms with Crippen LogP contribution in [0.15, 0.2) is 0 Å². The molecule has 1 amide bonds. The molecule has 0 aliphatic rings. The fourth-order valence-electron chi connectivity index (χ4n) is 1.87. The molecule has 0 unspecified atom stereocenters. The number of carbonyl (C=O) groups is 2. The molecule has 0 aromatic carbocycles. The van der Waals surface area contributed by atoms with Crippen molar-refractivity contribution in [2.24, 2.45) is 5.92 Å². The summed E-state index contributed by atoms with van der Waals surface area (Å²) in [5.74, 6) is 0.538. The predicted octanol–water partition coefficient (Wildman–Crippen LogP) is 4.05. The molecule has 0 aliphatic heterocycles. The molecule has 0 aliphatic carbocycles. The number of unbranched alkanes of at least 4 members (excludes halogenated alkanes) is 3. The molecule has 0 fully saturated rings. The van der Waals surface area contributed by atoms with E-state index in [1.54, 1.807) is 0 Å². The Hall–Kier alpha value is -1.26. The van der Waals surface area contributed by atoms with Crippen LogP contribution in [0.3, 0.4) is 0 Å². The van der Waals surface area contributed by atoms with Crippen LogP contribution in [-0.4, -0.2) is 31.8 Å². The third kappa shape index (κ3) is 15.1. The largest absolute Gasteiger partial charge is 0.466 e. The number of rotatable bonds is 13. The molecular formula is C17H33NO4. The van der Waals surface area contributed by atoms with E-state index in [9.17, 15) is 9.59 Å². The monoisotopic (exact) mass is 315 g/mol. The lowest BCUT2D eigenvalue weighted by Gasteiger charge is -2.07. The lowest BCUT2D eigenvalue weighted by Crippen LogP contribution is -2.25. The number of esters is 1. The summed E-state index contributed by atoms with van der Waals surface area (Å²) in [6, 6.07) is 0. The number of ether oxygens (including phenoxy) is 2. The highest BCUT2D eigenvalue weighted by molar-refractivity contribution is 5.69. The molecule has 0 heterocycles. The molecule has 0 atom stereocenters. The van der Waals surface area contributed by atoms with Gasteiger partial charge in [0.2, 0.25) is 0 Å². The van der Waals surface area contributed by atoms with Crippen LogP contribution in [0.25, 0.3) is 0 Å². The van der Waals surface area contributed by atoms with Gasteiger partial charge < -0.3 is 14.8 Å². The van der Waals surface area contributed by atoms with Gasteiger partial charge >= 0.3 is 12.1 Å². The lowest BCUT2D eigenvalue weighted by molar-refractivity contribution is -0.143. The van der Waals surface area contributed by atoms with Crippen molar-refractivity contribution in [1.82, 2.24) is 5.32 Å². The zero-order chi connectivity index (χ0) is 16.6. The molecule has 0 saturated carbocycles. The summed E-state index contributed by atoms with van der Waals surface area (Å²) in [4.78, 5) is 22.7. The van der Waals surface area contributed by atoms with Crippen molar-refractivity contribution < 1.29 is 19.1 Å². The van der Waals surface area contributed by atoms with Crippen molar-refractivity contribution in [3.05, 3.63) is 0 Å². The van der Waals surface area contributed by atoms with E-state index in [2.05, 4.69) is 26.1 Å². The van der Waals surface area contributed by atoms with Gasteiger partial charge in [0.25, 0.3) is 0 Å². The van der Waals surface area contributed by atoms with Crippen LogP contribution < -0.4 is 5.32 Å². The van der Waals surface area contributed by atoms with Gasteiger partial charge in [0.05, 0.1) is 13.2 Å². The van der Waals surface area contributed by atoms with E-state index in [0.717, 1.165) is 44.9 Å². The van der Waals surface area contributed by atoms with Crippen LogP contribution in [0, 0.1) is 5.92 Å². The van der Waals surface area contributed by atoms with Gasteiger partial charge in [-0.3, -0.25) is 4.79 Å². The summed E-state index contributed by atoms with van der Waals surface area (Å²) in [5.41, 5.74) is 0. The fourth-order valence-corrected chi connectivity index (χ4v) is 1.87. The number of amides is 1. The standard InChI is InChI=1S/C17H33NO4/c1-4-5-13-22-17(20)18-12-8-6-7-11-16(19)21-14-9-10-15(2)3/h15H,4-14H2,1-3H3,(H,18,20). The Balaban J connectivity index is 3.31. The average molecular weight is 315 g/mol. The summed E-state index contributed by atoms with van der Waals surface area (Å²) in [5, 5.41) is 2.70. The van der Waals surface area contributed by atoms with Gasteiger partial charge in [-0.05, 0) is 38.0 Å². The maximum atomic E-state index is 11.5. The van der Waals surface area contributed by atoms with Crippen molar-refractivity contribution in [3.63, 3.8) is 0 Å². The topological polar surface area (TPSA) is 64.6 Å². The first-order valence-electron chi connectivity index (χ1n) is 8.62. The van der Waals surface area contributed by atoms with Crippen LogP contribution in [0.1, 0.15) is 72.1 Å². The molecule has 5 nitrogen and oxygen atoms in total. The molecule has 0 rings (SSSR count). The minimum Gasteiger partial charge on any atom is -0.466 e. The summed E-state index contributed by atoms with van der Waals surface area (Å²) >= 11 is 0. The van der Waals surface area contributed by atoms with E-state index < -0.39 is 0 Å². The van der Waals surface area contributed by atoms with Crippen LogP contribution in [0.4, 0.5) is 4.79 Å². The van der Waals surface area contributed by atoms with Gasteiger partial charge in [-0.25, -0.2) is 4.79 Å². The van der Waals surface area contributed by atoms with Crippen molar-refractivity contribution in [2.45, 2.75) is 72.1 Å². The molecule has 0 bridgehead atoms. The van der Waals surface area contributed by atoms with Gasteiger partial charge in [0, 0.05) is 13.0 Å². The van der Waals surface area contributed by atoms with Crippen LogP contribution in [-0.2, 0) is 14.3 Å². The summed E-state index contributed by atoms with van der Waals surface area (Å²) in [6.45, 7) is 7.98. The molecule has 5 heteroatoms. The Bertz CT molecular complexity index is 292. The smallest absolute Gasteiger partial charge is 0.407 e. The van der Waals surface area contributed by atoms with E-state index in [1.807, 2.05) is 0 Å². The van der Waals surface area contributed by atoms with Crippen molar-refractivity contribution >= 4 is 12.1 Å². The molecule has 0 aromatic heterocycles. The van der Waals surface area contributed by atoms with Gasteiger partial charge in [-0.1, -0.05) is 33.6 Å². The Morgan fingerprint density at radius 2 is 1.68 bits per heavy atom. The Morgan fingerprint density at radius 3 is 2.36 bits per heavy atom. The van der Waals surface area contributed by atoms with Gasteiger partial charge in [0.1, 0.15) is 0 Å². The molecule has 0 saturated heterocycles. The molecule has 0 radical (unpaired) electrons. The van der Waals surface area contributed by atoms with Gasteiger partial charge in [-0.2, -0.15) is 0 Å². The molecular weight excluding hydrogens is 282 g/mol. The highest BCUT2D eigenvalue weighted by atomic mass is 16.5. The average Bonchev–Trinajstić information content (AvgIpc) is 2.47. The maximum absolute atomic E-state index is 11.5. The third-order valence-electron chi connectivity index (χ3n) is 3.25. The SMILES string of the molecule is CCCCOC(=O)NCCCCCC(=O)OCCCC(C)C. The fraction of sp³-hybridized carbons (Fsp3) is 0.882. The van der Waals surface area contributed by atoms with Crippen LogP contribution in [0.5, 0.6) is 0 Å². The zero-order valence-corrected chi connectivity index (χ0v) is 14.5. The molecule has 0 aromatic rings. The first kappa shape index (κ1) is 20.7. The number of nitrogens with one attached hydrogen (secondary N) is 1. The number of hydrogen-bond acceptors (Lipinski definition) is 4. The lowest BCUT2D eigenvalue weighted by atomic mass is 10.1.